The molecule has 0 aromatic rings. The standard InChI is InChI=1S/C11H20F5NO2S/c1-17-7-3-2-4-8-20(18,19)9-5-6-10(12,13)11(14,15)16/h17H,2-9H2,1H3. The molecule has 0 radical (unpaired) electrons. The quantitative estimate of drug-likeness (QED) is 0.496. The van der Waals surface area contributed by atoms with Crippen molar-refractivity contribution in [3.63, 3.8) is 0 Å². The summed E-state index contributed by atoms with van der Waals surface area (Å²) in [4.78, 5) is 0. The van der Waals surface area contributed by atoms with E-state index in [0.717, 1.165) is 13.0 Å². The third-order valence-corrected chi connectivity index (χ3v) is 4.56. The number of sulfone groups is 1. The van der Waals surface area contributed by atoms with Gasteiger partial charge >= 0.3 is 12.1 Å². The van der Waals surface area contributed by atoms with E-state index in [1.54, 1.807) is 7.05 Å². The number of hydrogen-bond donors (Lipinski definition) is 1. The number of alkyl halides is 5. The van der Waals surface area contributed by atoms with E-state index in [1.807, 2.05) is 0 Å². The second kappa shape index (κ2) is 8.11. The Labute approximate surface area is 115 Å². The van der Waals surface area contributed by atoms with Crippen molar-refractivity contribution < 1.29 is 30.4 Å². The molecule has 0 rings (SSSR count). The SMILES string of the molecule is CNCCCCCS(=O)(=O)CCCC(F)(F)C(F)(F)F. The smallest absolute Gasteiger partial charge is 0.320 e. The van der Waals surface area contributed by atoms with Crippen LogP contribution < -0.4 is 5.32 Å². The van der Waals surface area contributed by atoms with Crippen molar-refractivity contribution in [2.75, 3.05) is 25.1 Å². The first kappa shape index (κ1) is 19.6. The maximum Gasteiger partial charge on any atom is 0.453 e. The van der Waals surface area contributed by atoms with Crippen LogP contribution in [0.1, 0.15) is 32.1 Å². The molecule has 0 aliphatic heterocycles. The summed E-state index contributed by atoms with van der Waals surface area (Å²) in [5, 5.41) is 2.89. The van der Waals surface area contributed by atoms with Crippen LogP contribution >= 0.6 is 0 Å². The molecule has 0 bridgehead atoms. The lowest BCUT2D eigenvalue weighted by molar-refractivity contribution is -0.284. The predicted molar refractivity (Wildman–Crippen MR) is 66.7 cm³/mol. The van der Waals surface area contributed by atoms with Gasteiger partial charge in [0.1, 0.15) is 9.84 Å². The van der Waals surface area contributed by atoms with Crippen LogP contribution in [0.3, 0.4) is 0 Å². The normalized spacial score (nSPS) is 13.7. The minimum absolute atomic E-state index is 0.172. The average Bonchev–Trinajstić information content (AvgIpc) is 2.26. The van der Waals surface area contributed by atoms with E-state index >= 15 is 0 Å². The van der Waals surface area contributed by atoms with Crippen LogP contribution in [0.15, 0.2) is 0 Å². The number of hydrogen-bond acceptors (Lipinski definition) is 3. The minimum Gasteiger partial charge on any atom is -0.320 e. The van der Waals surface area contributed by atoms with Crippen LogP contribution in [-0.2, 0) is 9.84 Å². The van der Waals surface area contributed by atoms with Crippen molar-refractivity contribution >= 4 is 9.84 Å². The zero-order valence-electron chi connectivity index (χ0n) is 11.3. The van der Waals surface area contributed by atoms with Crippen molar-refractivity contribution in [3.05, 3.63) is 0 Å². The molecule has 3 nitrogen and oxygen atoms in total. The molecule has 0 aromatic carbocycles. The van der Waals surface area contributed by atoms with E-state index in [9.17, 15) is 30.4 Å². The van der Waals surface area contributed by atoms with E-state index in [4.69, 9.17) is 0 Å². The Bertz CT molecular complexity index is 367. The highest BCUT2D eigenvalue weighted by Gasteiger charge is 2.56. The third-order valence-electron chi connectivity index (χ3n) is 2.74. The summed E-state index contributed by atoms with van der Waals surface area (Å²) in [6.07, 6.45) is -5.96. The molecule has 0 aliphatic carbocycles. The molecular formula is C11H20F5NO2S. The molecule has 0 aliphatic rings. The zero-order valence-corrected chi connectivity index (χ0v) is 12.1. The first-order chi connectivity index (χ1) is 9.02. The van der Waals surface area contributed by atoms with E-state index in [0.29, 0.717) is 12.8 Å². The summed E-state index contributed by atoms with van der Waals surface area (Å²) >= 11 is 0. The van der Waals surface area contributed by atoms with Crippen molar-refractivity contribution in [2.45, 2.75) is 44.2 Å². The van der Waals surface area contributed by atoms with Gasteiger partial charge in [0.2, 0.25) is 0 Å². The van der Waals surface area contributed by atoms with Gasteiger partial charge < -0.3 is 5.32 Å². The topological polar surface area (TPSA) is 46.2 Å². The van der Waals surface area contributed by atoms with Gasteiger partial charge in [0, 0.05) is 6.42 Å². The predicted octanol–water partition coefficient (Wildman–Crippen LogP) is 2.77. The fourth-order valence-corrected chi connectivity index (χ4v) is 2.99. The van der Waals surface area contributed by atoms with Gasteiger partial charge in [0.25, 0.3) is 0 Å². The molecule has 0 spiro atoms. The monoisotopic (exact) mass is 325 g/mol. The molecule has 0 heterocycles. The van der Waals surface area contributed by atoms with E-state index in [2.05, 4.69) is 5.32 Å². The molecule has 0 saturated heterocycles. The van der Waals surface area contributed by atoms with Crippen molar-refractivity contribution in [3.8, 4) is 0 Å². The van der Waals surface area contributed by atoms with E-state index in [1.165, 1.54) is 0 Å². The molecule has 122 valence electrons. The summed E-state index contributed by atoms with van der Waals surface area (Å²) in [6, 6.07) is 0. The van der Waals surface area contributed by atoms with Crippen LogP contribution in [0.25, 0.3) is 0 Å². The lowest BCUT2D eigenvalue weighted by Crippen LogP contribution is -2.36. The van der Waals surface area contributed by atoms with Crippen LogP contribution in [0, 0.1) is 0 Å². The molecule has 20 heavy (non-hydrogen) atoms. The molecule has 0 aromatic heterocycles. The number of rotatable bonds is 10. The first-order valence-electron chi connectivity index (χ1n) is 6.31. The van der Waals surface area contributed by atoms with Gasteiger partial charge in [-0.25, -0.2) is 8.42 Å². The molecule has 9 heteroatoms. The molecule has 0 unspecified atom stereocenters. The largest absolute Gasteiger partial charge is 0.453 e. The van der Waals surface area contributed by atoms with Crippen LogP contribution in [0.5, 0.6) is 0 Å². The van der Waals surface area contributed by atoms with Gasteiger partial charge in [-0.15, -0.1) is 0 Å². The van der Waals surface area contributed by atoms with E-state index < -0.39 is 40.5 Å². The Morgan fingerprint density at radius 2 is 1.45 bits per heavy atom. The molecule has 0 saturated carbocycles. The lowest BCUT2D eigenvalue weighted by Gasteiger charge is -2.19. The summed E-state index contributed by atoms with van der Waals surface area (Å²) in [5.41, 5.74) is 0. The summed E-state index contributed by atoms with van der Waals surface area (Å²) in [7, 11) is -1.80. The van der Waals surface area contributed by atoms with Gasteiger partial charge in [-0.05, 0) is 32.9 Å². The Kier molecular flexibility index (Phi) is 7.93. The molecule has 0 atom stereocenters. The Morgan fingerprint density at radius 3 is 1.95 bits per heavy atom. The zero-order chi connectivity index (χ0) is 15.9. The van der Waals surface area contributed by atoms with Crippen molar-refractivity contribution in [1.82, 2.24) is 5.32 Å². The number of nitrogens with one attached hydrogen (secondary N) is 1. The molecular weight excluding hydrogens is 305 g/mol. The summed E-state index contributed by atoms with van der Waals surface area (Å²) in [5.74, 6) is -5.63. The Morgan fingerprint density at radius 1 is 0.900 bits per heavy atom. The van der Waals surface area contributed by atoms with Crippen LogP contribution in [-0.4, -0.2) is 45.6 Å². The Balaban J connectivity index is 4.00. The van der Waals surface area contributed by atoms with Crippen molar-refractivity contribution in [1.29, 1.82) is 0 Å². The molecule has 1 N–H and O–H groups in total. The highest BCUT2D eigenvalue weighted by molar-refractivity contribution is 7.91. The van der Waals surface area contributed by atoms with Crippen LogP contribution in [0.4, 0.5) is 22.0 Å². The lowest BCUT2D eigenvalue weighted by atomic mass is 10.2. The van der Waals surface area contributed by atoms with Gasteiger partial charge in [0.15, 0.2) is 0 Å². The second-order valence-electron chi connectivity index (χ2n) is 4.62. The minimum atomic E-state index is -5.62. The summed E-state index contributed by atoms with van der Waals surface area (Å²) < 4.78 is 83.7. The highest BCUT2D eigenvalue weighted by atomic mass is 32.2. The number of halogens is 5. The van der Waals surface area contributed by atoms with Crippen molar-refractivity contribution in [2.24, 2.45) is 0 Å². The first-order valence-corrected chi connectivity index (χ1v) is 8.13. The third kappa shape index (κ3) is 7.98. The Hall–Kier alpha value is -0.440. The van der Waals surface area contributed by atoms with E-state index in [-0.39, 0.29) is 5.75 Å². The second-order valence-corrected chi connectivity index (χ2v) is 6.93. The maximum absolute atomic E-state index is 12.6. The number of unbranched alkanes of at least 4 members (excludes halogenated alkanes) is 2. The average molecular weight is 325 g/mol. The van der Waals surface area contributed by atoms with Crippen LogP contribution in [0.2, 0.25) is 0 Å². The fourth-order valence-electron chi connectivity index (χ4n) is 1.56. The van der Waals surface area contributed by atoms with Gasteiger partial charge in [0.05, 0.1) is 11.5 Å². The molecule has 0 amide bonds. The van der Waals surface area contributed by atoms with Gasteiger partial charge in [-0.2, -0.15) is 22.0 Å². The van der Waals surface area contributed by atoms with Gasteiger partial charge in [-0.1, -0.05) is 6.42 Å². The fraction of sp³-hybridized carbons (Fsp3) is 1.00. The summed E-state index contributed by atoms with van der Waals surface area (Å²) in [6.45, 7) is 0.748. The maximum atomic E-state index is 12.6. The van der Waals surface area contributed by atoms with Gasteiger partial charge in [-0.3, -0.25) is 0 Å². The molecule has 0 fully saturated rings. The highest BCUT2D eigenvalue weighted by Crippen LogP contribution is 2.38.